The third-order valence-corrected chi connectivity index (χ3v) is 7.24. The van der Waals surface area contributed by atoms with E-state index in [1.165, 1.54) is 12.7 Å². The Kier molecular flexibility index (Phi) is 10.4. The Balaban J connectivity index is 1.74. The minimum absolute atomic E-state index is 0.00567. The lowest BCUT2D eigenvalue weighted by Crippen LogP contribution is -2.59. The van der Waals surface area contributed by atoms with Crippen molar-refractivity contribution in [3.05, 3.63) is 29.8 Å². The molecule has 3 N–H and O–H groups in total. The Hall–Kier alpha value is -2.16. The fraction of sp³-hybridized carbons (Fsp3) is 0.704. The maximum Gasteiger partial charge on any atom is 0.249 e. The van der Waals surface area contributed by atoms with E-state index in [4.69, 9.17) is 15.2 Å². The molecular weight excluding hydrogens is 444 g/mol. The van der Waals surface area contributed by atoms with Gasteiger partial charge in [-0.15, -0.1) is 0 Å². The van der Waals surface area contributed by atoms with Crippen LogP contribution in [0.5, 0.6) is 5.75 Å². The van der Waals surface area contributed by atoms with Gasteiger partial charge in [0, 0.05) is 44.9 Å². The molecule has 2 fully saturated rings. The zero-order chi connectivity index (χ0) is 25.4. The van der Waals surface area contributed by atoms with Gasteiger partial charge < -0.3 is 25.4 Å². The lowest BCUT2D eigenvalue weighted by Gasteiger charge is -2.44. The van der Waals surface area contributed by atoms with Crippen LogP contribution in [0.2, 0.25) is 0 Å². The molecule has 1 aromatic carbocycles. The molecule has 8 heteroatoms. The predicted octanol–water partition coefficient (Wildman–Crippen LogP) is 2.55. The molecule has 2 aliphatic rings. The van der Waals surface area contributed by atoms with Crippen LogP contribution >= 0.6 is 0 Å². The number of rotatable bonds is 10. The highest BCUT2D eigenvalue weighted by Crippen LogP contribution is 2.26. The van der Waals surface area contributed by atoms with Gasteiger partial charge in [0.15, 0.2) is 0 Å². The molecule has 3 rings (SSSR count). The van der Waals surface area contributed by atoms with Gasteiger partial charge in [0.05, 0.1) is 7.11 Å². The van der Waals surface area contributed by atoms with E-state index in [2.05, 4.69) is 36.2 Å². The van der Waals surface area contributed by atoms with E-state index in [0.29, 0.717) is 18.9 Å². The highest BCUT2D eigenvalue weighted by Gasteiger charge is 2.39. The average molecular weight is 489 g/mol. The quantitative estimate of drug-likeness (QED) is 0.525. The molecule has 0 radical (unpaired) electrons. The number of amides is 2. The molecule has 35 heavy (non-hydrogen) atoms. The van der Waals surface area contributed by atoms with Crippen molar-refractivity contribution in [1.29, 1.82) is 0 Å². The molecule has 1 aliphatic heterocycles. The number of carbonyl (C=O) groups is 2. The summed E-state index contributed by atoms with van der Waals surface area (Å²) in [7, 11) is 3.19. The largest absolute Gasteiger partial charge is 0.497 e. The van der Waals surface area contributed by atoms with Gasteiger partial charge in [-0.1, -0.05) is 26.0 Å². The van der Waals surface area contributed by atoms with Gasteiger partial charge in [0.2, 0.25) is 11.8 Å². The average Bonchev–Trinajstić information content (AvgIpc) is 2.85. The smallest absolute Gasteiger partial charge is 0.249 e. The number of hydrogen-bond donors (Lipinski definition) is 2. The van der Waals surface area contributed by atoms with Gasteiger partial charge in [-0.05, 0) is 62.1 Å². The number of piperidine rings is 1. The van der Waals surface area contributed by atoms with E-state index in [-0.39, 0.29) is 36.5 Å². The zero-order valence-corrected chi connectivity index (χ0v) is 21.9. The summed E-state index contributed by atoms with van der Waals surface area (Å²) in [5.74, 6) is 1.16. The molecule has 1 aliphatic carbocycles. The SMILES string of the molecule is COCC(=O)N1CCC(N(Cc2ccc(OC)cc2)CC(C)C)C[C@@H]1C(=O)NC1CCC(N)CC1. The van der Waals surface area contributed by atoms with Crippen LogP contribution in [0.25, 0.3) is 0 Å². The van der Waals surface area contributed by atoms with Crippen molar-refractivity contribution in [1.82, 2.24) is 15.1 Å². The molecule has 1 aromatic rings. The number of nitrogens with two attached hydrogens (primary N) is 1. The van der Waals surface area contributed by atoms with Crippen molar-refractivity contribution in [3.63, 3.8) is 0 Å². The second-order valence-electron chi connectivity index (χ2n) is 10.5. The van der Waals surface area contributed by atoms with Crippen LogP contribution in [0.3, 0.4) is 0 Å². The molecule has 0 spiro atoms. The Morgan fingerprint density at radius 3 is 2.40 bits per heavy atom. The molecule has 1 saturated carbocycles. The first-order valence-electron chi connectivity index (χ1n) is 13.0. The molecule has 0 aromatic heterocycles. The Morgan fingerprint density at radius 2 is 1.80 bits per heavy atom. The van der Waals surface area contributed by atoms with Crippen molar-refractivity contribution in [3.8, 4) is 5.75 Å². The summed E-state index contributed by atoms with van der Waals surface area (Å²) in [6.45, 7) is 6.71. The van der Waals surface area contributed by atoms with Crippen LogP contribution in [0.4, 0.5) is 0 Å². The standard InChI is InChI=1S/C27H44N4O4/c1-19(2)16-30(17-20-5-11-24(35-4)12-6-20)23-13-14-31(26(32)18-34-3)25(15-23)27(33)29-22-9-7-21(28)8-10-22/h5-6,11-12,19,21-23,25H,7-10,13-18,28H2,1-4H3,(H,29,33)/t21?,22?,23?,25-/m1/s1. The fourth-order valence-corrected chi connectivity index (χ4v) is 5.37. The zero-order valence-electron chi connectivity index (χ0n) is 21.9. The summed E-state index contributed by atoms with van der Waals surface area (Å²) in [6.07, 6.45) is 5.10. The van der Waals surface area contributed by atoms with Crippen LogP contribution < -0.4 is 15.8 Å². The van der Waals surface area contributed by atoms with E-state index in [1.807, 2.05) is 12.1 Å². The van der Waals surface area contributed by atoms with Gasteiger partial charge in [-0.25, -0.2) is 0 Å². The number of nitrogens with one attached hydrogen (secondary N) is 1. The Morgan fingerprint density at radius 1 is 1.11 bits per heavy atom. The van der Waals surface area contributed by atoms with Crippen LogP contribution in [0.1, 0.15) is 57.9 Å². The van der Waals surface area contributed by atoms with E-state index < -0.39 is 6.04 Å². The van der Waals surface area contributed by atoms with Gasteiger partial charge in [-0.3, -0.25) is 14.5 Å². The highest BCUT2D eigenvalue weighted by molar-refractivity contribution is 5.88. The molecule has 1 unspecified atom stereocenters. The van der Waals surface area contributed by atoms with Crippen LogP contribution in [-0.2, 0) is 20.9 Å². The molecule has 1 saturated heterocycles. The van der Waals surface area contributed by atoms with E-state index in [0.717, 1.165) is 50.9 Å². The molecule has 8 nitrogen and oxygen atoms in total. The highest BCUT2D eigenvalue weighted by atomic mass is 16.5. The minimum atomic E-state index is -0.488. The van der Waals surface area contributed by atoms with Crippen molar-refractivity contribution in [2.75, 3.05) is 33.9 Å². The molecule has 1 heterocycles. The van der Waals surface area contributed by atoms with Crippen LogP contribution in [0, 0.1) is 5.92 Å². The lowest BCUT2D eigenvalue weighted by molar-refractivity contribution is -0.147. The molecule has 196 valence electrons. The maximum atomic E-state index is 13.5. The predicted molar refractivity (Wildman–Crippen MR) is 137 cm³/mol. The van der Waals surface area contributed by atoms with Crippen molar-refractivity contribution in [2.24, 2.45) is 11.7 Å². The van der Waals surface area contributed by atoms with Gasteiger partial charge in [0.25, 0.3) is 0 Å². The lowest BCUT2D eigenvalue weighted by atomic mass is 9.90. The summed E-state index contributed by atoms with van der Waals surface area (Å²) in [6, 6.07) is 8.25. The number of carbonyl (C=O) groups excluding carboxylic acids is 2. The number of likely N-dealkylation sites (tertiary alicyclic amines) is 1. The summed E-state index contributed by atoms with van der Waals surface area (Å²) in [5.41, 5.74) is 7.26. The Labute approximate surface area is 210 Å². The number of hydrogen-bond acceptors (Lipinski definition) is 6. The van der Waals surface area contributed by atoms with E-state index in [1.54, 1.807) is 12.0 Å². The first kappa shape index (κ1) is 27.4. The Bertz CT molecular complexity index is 808. The number of methoxy groups -OCH3 is 2. The van der Waals surface area contributed by atoms with Crippen molar-refractivity contribution in [2.45, 2.75) is 83.1 Å². The molecule has 0 bridgehead atoms. The van der Waals surface area contributed by atoms with Gasteiger partial charge in [0.1, 0.15) is 18.4 Å². The van der Waals surface area contributed by atoms with Crippen molar-refractivity contribution < 1.29 is 19.1 Å². The minimum Gasteiger partial charge on any atom is -0.497 e. The maximum absolute atomic E-state index is 13.5. The monoisotopic (exact) mass is 488 g/mol. The van der Waals surface area contributed by atoms with Gasteiger partial charge >= 0.3 is 0 Å². The number of benzene rings is 1. The third-order valence-electron chi connectivity index (χ3n) is 7.24. The van der Waals surface area contributed by atoms with Crippen LogP contribution in [0.15, 0.2) is 24.3 Å². The molecular formula is C27H44N4O4. The summed E-state index contributed by atoms with van der Waals surface area (Å²) >= 11 is 0. The van der Waals surface area contributed by atoms with Crippen LogP contribution in [-0.4, -0.2) is 79.7 Å². The van der Waals surface area contributed by atoms with E-state index in [9.17, 15) is 9.59 Å². The number of nitrogens with zero attached hydrogens (tertiary/aromatic N) is 2. The summed E-state index contributed by atoms with van der Waals surface area (Å²) in [5, 5.41) is 3.24. The fourth-order valence-electron chi connectivity index (χ4n) is 5.37. The molecule has 2 amide bonds. The summed E-state index contributed by atoms with van der Waals surface area (Å²) < 4.78 is 10.4. The first-order chi connectivity index (χ1) is 16.8. The first-order valence-corrected chi connectivity index (χ1v) is 13.0. The number of ether oxygens (including phenoxy) is 2. The van der Waals surface area contributed by atoms with Crippen molar-refractivity contribution >= 4 is 11.8 Å². The topological polar surface area (TPSA) is 97.1 Å². The van der Waals surface area contributed by atoms with Gasteiger partial charge in [-0.2, -0.15) is 0 Å². The summed E-state index contributed by atoms with van der Waals surface area (Å²) in [4.78, 5) is 30.5. The second kappa shape index (κ2) is 13.2. The normalized spacial score (nSPS) is 25.1. The molecule has 2 atom stereocenters. The second-order valence-corrected chi connectivity index (χ2v) is 10.5. The van der Waals surface area contributed by atoms with E-state index >= 15 is 0 Å². The third kappa shape index (κ3) is 7.92.